The molecule has 1 aromatic carbocycles. The van der Waals surface area contributed by atoms with Crippen LogP contribution in [0.5, 0.6) is 0 Å². The van der Waals surface area contributed by atoms with E-state index in [1.54, 1.807) is 0 Å². The minimum Gasteiger partial charge on any atom is -0.369 e. The van der Waals surface area contributed by atoms with Crippen LogP contribution in [0.4, 0.5) is 5.69 Å². The van der Waals surface area contributed by atoms with E-state index in [1.165, 1.54) is 11.3 Å². The van der Waals surface area contributed by atoms with Gasteiger partial charge >= 0.3 is 0 Å². The van der Waals surface area contributed by atoms with Gasteiger partial charge in [0.2, 0.25) is 0 Å². The molecule has 1 N–H and O–H groups in total. The molecule has 0 bridgehead atoms. The third-order valence-corrected chi connectivity index (χ3v) is 4.67. The number of hydrogen-bond donors (Lipinski definition) is 1. The molecule has 2 rings (SSSR count). The molecular formula is C17H28BrN3. The first-order valence-corrected chi connectivity index (χ1v) is 8.70. The van der Waals surface area contributed by atoms with Crippen molar-refractivity contribution in [1.29, 1.82) is 0 Å². The van der Waals surface area contributed by atoms with Crippen LogP contribution in [0, 0.1) is 0 Å². The number of hydrogen-bond acceptors (Lipinski definition) is 3. The van der Waals surface area contributed by atoms with Crippen LogP contribution in [-0.2, 0) is 6.54 Å². The molecule has 1 saturated heterocycles. The SMILES string of the molecule is CCNCc1cc(Br)ccc1N1CCN(C(C)(C)C)CC1. The first kappa shape index (κ1) is 16.8. The van der Waals surface area contributed by atoms with Gasteiger partial charge in [-0.2, -0.15) is 0 Å². The Balaban J connectivity index is 2.09. The Morgan fingerprint density at radius 3 is 2.38 bits per heavy atom. The van der Waals surface area contributed by atoms with Gasteiger partial charge in [-0.25, -0.2) is 0 Å². The van der Waals surface area contributed by atoms with Crippen molar-refractivity contribution in [3.8, 4) is 0 Å². The summed E-state index contributed by atoms with van der Waals surface area (Å²) in [5.74, 6) is 0. The number of benzene rings is 1. The van der Waals surface area contributed by atoms with Gasteiger partial charge in [-0.15, -0.1) is 0 Å². The predicted octanol–water partition coefficient (Wildman–Crippen LogP) is 3.48. The van der Waals surface area contributed by atoms with E-state index in [2.05, 4.69) is 76.9 Å². The van der Waals surface area contributed by atoms with Crippen molar-refractivity contribution in [2.24, 2.45) is 0 Å². The number of rotatable bonds is 4. The summed E-state index contributed by atoms with van der Waals surface area (Å²) in [7, 11) is 0. The predicted molar refractivity (Wildman–Crippen MR) is 95.1 cm³/mol. The summed E-state index contributed by atoms with van der Waals surface area (Å²) in [6, 6.07) is 6.65. The number of nitrogens with one attached hydrogen (secondary N) is 1. The second-order valence-electron chi connectivity index (χ2n) is 6.70. The van der Waals surface area contributed by atoms with E-state index in [0.717, 1.165) is 43.7 Å². The third-order valence-electron chi connectivity index (χ3n) is 4.18. The van der Waals surface area contributed by atoms with E-state index in [1.807, 2.05) is 0 Å². The molecule has 0 saturated carbocycles. The summed E-state index contributed by atoms with van der Waals surface area (Å²) in [5.41, 5.74) is 3.04. The first-order valence-electron chi connectivity index (χ1n) is 7.91. The lowest BCUT2D eigenvalue weighted by Crippen LogP contribution is -2.53. The molecule has 0 amide bonds. The molecule has 0 spiro atoms. The molecule has 1 aliphatic heterocycles. The van der Waals surface area contributed by atoms with E-state index in [9.17, 15) is 0 Å². The van der Waals surface area contributed by atoms with Crippen molar-refractivity contribution in [3.05, 3.63) is 28.2 Å². The standard InChI is InChI=1S/C17H28BrN3/c1-5-19-13-14-12-15(18)6-7-16(14)20-8-10-21(11-9-20)17(2,3)4/h6-7,12,19H,5,8-11,13H2,1-4H3. The molecule has 0 aliphatic carbocycles. The fourth-order valence-corrected chi connectivity index (χ4v) is 3.29. The zero-order chi connectivity index (χ0) is 15.5. The minimum absolute atomic E-state index is 0.276. The average Bonchev–Trinajstić information content (AvgIpc) is 2.44. The zero-order valence-corrected chi connectivity index (χ0v) is 15.3. The monoisotopic (exact) mass is 353 g/mol. The fraction of sp³-hybridized carbons (Fsp3) is 0.647. The number of halogens is 1. The maximum atomic E-state index is 3.59. The average molecular weight is 354 g/mol. The van der Waals surface area contributed by atoms with Gasteiger partial charge in [0.25, 0.3) is 0 Å². The highest BCUT2D eigenvalue weighted by Crippen LogP contribution is 2.27. The normalized spacial score (nSPS) is 17.3. The lowest BCUT2D eigenvalue weighted by atomic mass is 10.0. The number of anilines is 1. The van der Waals surface area contributed by atoms with E-state index in [0.29, 0.717) is 0 Å². The van der Waals surface area contributed by atoms with Gasteiger partial charge in [-0.3, -0.25) is 4.90 Å². The molecule has 1 aliphatic rings. The summed E-state index contributed by atoms with van der Waals surface area (Å²) >= 11 is 3.59. The van der Waals surface area contributed by atoms with Gasteiger partial charge in [0.1, 0.15) is 0 Å². The van der Waals surface area contributed by atoms with Crippen LogP contribution in [0.15, 0.2) is 22.7 Å². The van der Waals surface area contributed by atoms with Gasteiger partial charge in [-0.1, -0.05) is 22.9 Å². The molecule has 3 nitrogen and oxygen atoms in total. The summed E-state index contributed by atoms with van der Waals surface area (Å²) in [5, 5.41) is 3.45. The van der Waals surface area contributed by atoms with E-state index in [-0.39, 0.29) is 5.54 Å². The van der Waals surface area contributed by atoms with Crippen LogP contribution in [0.1, 0.15) is 33.3 Å². The Morgan fingerprint density at radius 1 is 1.14 bits per heavy atom. The highest BCUT2D eigenvalue weighted by Gasteiger charge is 2.26. The lowest BCUT2D eigenvalue weighted by molar-refractivity contribution is 0.128. The van der Waals surface area contributed by atoms with Crippen molar-refractivity contribution >= 4 is 21.6 Å². The van der Waals surface area contributed by atoms with Crippen molar-refractivity contribution in [1.82, 2.24) is 10.2 Å². The molecule has 0 radical (unpaired) electrons. The Morgan fingerprint density at radius 2 is 1.81 bits per heavy atom. The fourth-order valence-electron chi connectivity index (χ4n) is 2.88. The molecule has 0 unspecified atom stereocenters. The third kappa shape index (κ3) is 4.44. The van der Waals surface area contributed by atoms with Crippen LogP contribution in [0.3, 0.4) is 0 Å². The molecular weight excluding hydrogens is 326 g/mol. The molecule has 1 fully saturated rings. The summed E-state index contributed by atoms with van der Waals surface area (Å²) in [6.07, 6.45) is 0. The molecule has 1 aromatic rings. The Labute approximate surface area is 137 Å². The largest absolute Gasteiger partial charge is 0.369 e. The second kappa shape index (κ2) is 7.12. The van der Waals surface area contributed by atoms with Gasteiger partial charge in [0.05, 0.1) is 0 Å². The second-order valence-corrected chi connectivity index (χ2v) is 7.61. The van der Waals surface area contributed by atoms with Crippen molar-refractivity contribution in [2.75, 3.05) is 37.6 Å². The maximum Gasteiger partial charge on any atom is 0.0413 e. The molecule has 1 heterocycles. The topological polar surface area (TPSA) is 18.5 Å². The maximum absolute atomic E-state index is 3.59. The van der Waals surface area contributed by atoms with Crippen LogP contribution >= 0.6 is 15.9 Å². The quantitative estimate of drug-likeness (QED) is 0.893. The van der Waals surface area contributed by atoms with Gasteiger partial charge in [0, 0.05) is 48.4 Å². The number of piperazine rings is 1. The summed E-state index contributed by atoms with van der Waals surface area (Å²) < 4.78 is 1.16. The van der Waals surface area contributed by atoms with Crippen LogP contribution < -0.4 is 10.2 Å². The molecule has 0 atom stereocenters. The van der Waals surface area contributed by atoms with Gasteiger partial charge in [-0.05, 0) is 51.1 Å². The number of nitrogens with zero attached hydrogens (tertiary/aromatic N) is 2. The van der Waals surface area contributed by atoms with E-state index in [4.69, 9.17) is 0 Å². The minimum atomic E-state index is 0.276. The van der Waals surface area contributed by atoms with Crippen LogP contribution in [0.2, 0.25) is 0 Å². The van der Waals surface area contributed by atoms with Gasteiger partial charge < -0.3 is 10.2 Å². The Hall–Kier alpha value is -0.580. The zero-order valence-electron chi connectivity index (χ0n) is 13.7. The molecule has 21 heavy (non-hydrogen) atoms. The summed E-state index contributed by atoms with van der Waals surface area (Å²) in [4.78, 5) is 5.10. The van der Waals surface area contributed by atoms with Crippen molar-refractivity contribution < 1.29 is 0 Å². The summed E-state index contributed by atoms with van der Waals surface area (Å²) in [6.45, 7) is 15.5. The highest BCUT2D eigenvalue weighted by molar-refractivity contribution is 9.10. The smallest absolute Gasteiger partial charge is 0.0413 e. The van der Waals surface area contributed by atoms with E-state index >= 15 is 0 Å². The van der Waals surface area contributed by atoms with Crippen molar-refractivity contribution in [2.45, 2.75) is 39.8 Å². The van der Waals surface area contributed by atoms with Gasteiger partial charge in [0.15, 0.2) is 0 Å². The lowest BCUT2D eigenvalue weighted by Gasteiger charge is -2.43. The van der Waals surface area contributed by atoms with Crippen molar-refractivity contribution in [3.63, 3.8) is 0 Å². The van der Waals surface area contributed by atoms with Crippen LogP contribution in [0.25, 0.3) is 0 Å². The molecule has 0 aromatic heterocycles. The molecule has 118 valence electrons. The Kier molecular flexibility index (Phi) is 5.69. The van der Waals surface area contributed by atoms with E-state index < -0.39 is 0 Å². The van der Waals surface area contributed by atoms with Crippen LogP contribution in [-0.4, -0.2) is 43.2 Å². The highest BCUT2D eigenvalue weighted by atomic mass is 79.9. The first-order chi connectivity index (χ1) is 9.91. The molecule has 4 heteroatoms. The Bertz CT molecular complexity index is 460.